The summed E-state index contributed by atoms with van der Waals surface area (Å²) in [6, 6.07) is 3.54. The van der Waals surface area contributed by atoms with Crippen LogP contribution in [0.3, 0.4) is 0 Å². The number of fused-ring (bicyclic) bond motifs is 1. The van der Waals surface area contributed by atoms with E-state index in [0.29, 0.717) is 0 Å². The van der Waals surface area contributed by atoms with Gasteiger partial charge < -0.3 is 10.3 Å². The third-order valence-corrected chi connectivity index (χ3v) is 2.10. The molecule has 0 aliphatic heterocycles. The predicted octanol–water partition coefficient (Wildman–Crippen LogP) is 0.550. The molecule has 0 aliphatic rings. The highest BCUT2D eigenvalue weighted by molar-refractivity contribution is 5.93. The van der Waals surface area contributed by atoms with Crippen LogP contribution in [0.1, 0.15) is 17.4 Å². The van der Waals surface area contributed by atoms with Gasteiger partial charge in [-0.15, -0.1) is 10.2 Å². The maximum Gasteiger partial charge on any atom is 0.269 e. The number of rotatable bonds is 2. The van der Waals surface area contributed by atoms with Crippen LogP contribution in [0.25, 0.3) is 11.0 Å². The van der Waals surface area contributed by atoms with E-state index >= 15 is 0 Å². The molecular weight excluding hydrogens is 180 g/mol. The van der Waals surface area contributed by atoms with E-state index in [2.05, 4.69) is 10.2 Å². The largest absolute Gasteiger partial charge is 0.364 e. The number of hydrogen-bond acceptors (Lipinski definition) is 3. The van der Waals surface area contributed by atoms with Gasteiger partial charge in [-0.05, 0) is 19.1 Å². The first-order valence-electron chi connectivity index (χ1n) is 4.34. The standard InChI is InChI=1S/C9H10N4O/c1-2-13-4-3-6-5-7(8(10)14)11-12-9(6)13/h3-5H,2H2,1H3,(H2,10,14). The van der Waals surface area contributed by atoms with Crippen molar-refractivity contribution in [1.82, 2.24) is 14.8 Å². The van der Waals surface area contributed by atoms with Crippen molar-refractivity contribution in [3.63, 3.8) is 0 Å². The molecule has 2 aromatic heterocycles. The van der Waals surface area contributed by atoms with Gasteiger partial charge in [0.25, 0.3) is 5.91 Å². The highest BCUT2D eigenvalue weighted by Crippen LogP contribution is 2.12. The average molecular weight is 190 g/mol. The minimum Gasteiger partial charge on any atom is -0.364 e. The molecule has 0 fully saturated rings. The van der Waals surface area contributed by atoms with Crippen LogP contribution in [-0.4, -0.2) is 20.7 Å². The van der Waals surface area contributed by atoms with E-state index in [1.807, 2.05) is 23.8 Å². The van der Waals surface area contributed by atoms with Gasteiger partial charge in [0, 0.05) is 18.1 Å². The van der Waals surface area contributed by atoms with Crippen molar-refractivity contribution in [3.05, 3.63) is 24.0 Å². The van der Waals surface area contributed by atoms with Crippen LogP contribution in [0.5, 0.6) is 0 Å². The Labute approximate surface area is 80.5 Å². The van der Waals surface area contributed by atoms with Crippen molar-refractivity contribution in [2.45, 2.75) is 13.5 Å². The second-order valence-corrected chi connectivity index (χ2v) is 2.97. The first-order chi connectivity index (χ1) is 6.72. The molecule has 2 heterocycles. The molecule has 0 spiro atoms. The molecule has 0 saturated heterocycles. The van der Waals surface area contributed by atoms with Crippen LogP contribution in [-0.2, 0) is 6.54 Å². The minimum absolute atomic E-state index is 0.200. The lowest BCUT2D eigenvalue weighted by atomic mass is 10.3. The molecule has 1 amide bonds. The Bertz CT molecular complexity index is 489. The summed E-state index contributed by atoms with van der Waals surface area (Å²) >= 11 is 0. The van der Waals surface area contributed by atoms with Gasteiger partial charge in [0.2, 0.25) is 0 Å². The quantitative estimate of drug-likeness (QED) is 0.751. The Balaban J connectivity index is 2.63. The molecule has 0 bridgehead atoms. The second kappa shape index (κ2) is 3.10. The topological polar surface area (TPSA) is 73.8 Å². The van der Waals surface area contributed by atoms with Crippen molar-refractivity contribution in [2.24, 2.45) is 5.73 Å². The first kappa shape index (κ1) is 8.68. The summed E-state index contributed by atoms with van der Waals surface area (Å²) in [6.07, 6.45) is 1.91. The molecule has 5 nitrogen and oxygen atoms in total. The van der Waals surface area contributed by atoms with Crippen molar-refractivity contribution >= 4 is 16.9 Å². The van der Waals surface area contributed by atoms with Crippen molar-refractivity contribution in [3.8, 4) is 0 Å². The summed E-state index contributed by atoms with van der Waals surface area (Å²) in [7, 11) is 0. The van der Waals surface area contributed by atoms with E-state index in [0.717, 1.165) is 17.6 Å². The van der Waals surface area contributed by atoms with Crippen molar-refractivity contribution < 1.29 is 4.79 Å². The lowest BCUT2D eigenvalue weighted by Gasteiger charge is -1.98. The number of carbonyl (C=O) groups is 1. The molecule has 0 atom stereocenters. The Morgan fingerprint density at radius 3 is 3.00 bits per heavy atom. The molecule has 0 unspecified atom stereocenters. The summed E-state index contributed by atoms with van der Waals surface area (Å²) in [5.41, 5.74) is 6.07. The number of aryl methyl sites for hydroxylation is 1. The number of carbonyl (C=O) groups excluding carboxylic acids is 1. The van der Waals surface area contributed by atoms with E-state index in [-0.39, 0.29) is 5.69 Å². The van der Waals surface area contributed by atoms with Crippen LogP contribution >= 0.6 is 0 Å². The molecule has 0 aliphatic carbocycles. The molecule has 5 heteroatoms. The lowest BCUT2D eigenvalue weighted by Crippen LogP contribution is -2.13. The molecule has 0 radical (unpaired) electrons. The predicted molar refractivity (Wildman–Crippen MR) is 51.7 cm³/mol. The van der Waals surface area contributed by atoms with Gasteiger partial charge in [-0.2, -0.15) is 0 Å². The van der Waals surface area contributed by atoms with Gasteiger partial charge in [0.1, 0.15) is 0 Å². The van der Waals surface area contributed by atoms with E-state index in [4.69, 9.17) is 5.73 Å². The Hall–Kier alpha value is -1.91. The molecule has 14 heavy (non-hydrogen) atoms. The highest BCUT2D eigenvalue weighted by atomic mass is 16.1. The summed E-state index contributed by atoms with van der Waals surface area (Å²) < 4.78 is 1.95. The van der Waals surface area contributed by atoms with Gasteiger partial charge in [0.15, 0.2) is 11.3 Å². The van der Waals surface area contributed by atoms with E-state index in [1.165, 1.54) is 0 Å². The Morgan fingerprint density at radius 2 is 2.36 bits per heavy atom. The fourth-order valence-corrected chi connectivity index (χ4v) is 1.36. The highest BCUT2D eigenvalue weighted by Gasteiger charge is 2.06. The number of nitrogens with two attached hydrogens (primary N) is 1. The van der Waals surface area contributed by atoms with Gasteiger partial charge in [-0.25, -0.2) is 0 Å². The molecule has 0 aromatic carbocycles. The number of nitrogens with zero attached hydrogens (tertiary/aromatic N) is 3. The zero-order valence-corrected chi connectivity index (χ0v) is 7.77. The van der Waals surface area contributed by atoms with Gasteiger partial charge in [0.05, 0.1) is 0 Å². The van der Waals surface area contributed by atoms with E-state index < -0.39 is 5.91 Å². The van der Waals surface area contributed by atoms with Crippen LogP contribution in [0.4, 0.5) is 0 Å². The van der Waals surface area contributed by atoms with Crippen molar-refractivity contribution in [2.75, 3.05) is 0 Å². The SMILES string of the molecule is CCn1ccc2cc(C(N)=O)nnc21. The molecule has 2 aromatic rings. The van der Waals surface area contributed by atoms with Gasteiger partial charge in [-0.1, -0.05) is 0 Å². The number of aromatic nitrogens is 3. The number of hydrogen-bond donors (Lipinski definition) is 1. The fourth-order valence-electron chi connectivity index (χ4n) is 1.36. The monoisotopic (exact) mass is 190 g/mol. The summed E-state index contributed by atoms with van der Waals surface area (Å²) in [5.74, 6) is -0.552. The van der Waals surface area contributed by atoms with E-state index in [1.54, 1.807) is 6.07 Å². The Kier molecular flexibility index (Phi) is 1.92. The van der Waals surface area contributed by atoms with Crippen LogP contribution < -0.4 is 5.73 Å². The summed E-state index contributed by atoms with van der Waals surface area (Å²) in [4.78, 5) is 10.8. The first-order valence-corrected chi connectivity index (χ1v) is 4.34. The minimum atomic E-state index is -0.552. The smallest absolute Gasteiger partial charge is 0.269 e. The fraction of sp³-hybridized carbons (Fsp3) is 0.222. The maximum atomic E-state index is 10.8. The molecule has 2 rings (SSSR count). The zero-order valence-electron chi connectivity index (χ0n) is 7.77. The van der Waals surface area contributed by atoms with Crippen LogP contribution in [0.2, 0.25) is 0 Å². The van der Waals surface area contributed by atoms with Crippen molar-refractivity contribution in [1.29, 1.82) is 0 Å². The van der Waals surface area contributed by atoms with Crippen LogP contribution in [0.15, 0.2) is 18.3 Å². The van der Waals surface area contributed by atoms with Crippen LogP contribution in [0, 0.1) is 0 Å². The number of amides is 1. The molecular formula is C9H10N4O. The molecule has 0 saturated carbocycles. The third kappa shape index (κ3) is 1.22. The average Bonchev–Trinajstić information content (AvgIpc) is 2.59. The zero-order chi connectivity index (χ0) is 10.1. The number of primary amides is 1. The normalized spacial score (nSPS) is 10.6. The summed E-state index contributed by atoms with van der Waals surface area (Å²) in [5, 5.41) is 8.57. The lowest BCUT2D eigenvalue weighted by molar-refractivity contribution is 0.0995. The van der Waals surface area contributed by atoms with E-state index in [9.17, 15) is 4.79 Å². The molecule has 72 valence electrons. The molecule has 2 N–H and O–H groups in total. The Morgan fingerprint density at radius 1 is 1.57 bits per heavy atom. The summed E-state index contributed by atoms with van der Waals surface area (Å²) in [6.45, 7) is 2.84. The van der Waals surface area contributed by atoms with Gasteiger partial charge >= 0.3 is 0 Å². The van der Waals surface area contributed by atoms with Gasteiger partial charge in [-0.3, -0.25) is 4.79 Å². The third-order valence-electron chi connectivity index (χ3n) is 2.10. The maximum absolute atomic E-state index is 10.8. The second-order valence-electron chi connectivity index (χ2n) is 2.97.